The number of thioether (sulfide) groups is 1. The van der Waals surface area contributed by atoms with Gasteiger partial charge in [-0.2, -0.15) is 0 Å². The van der Waals surface area contributed by atoms with Crippen LogP contribution in [0.3, 0.4) is 0 Å². The molecule has 0 bridgehead atoms. The van der Waals surface area contributed by atoms with Gasteiger partial charge in [-0.05, 0) is 37.3 Å². The molecule has 1 heterocycles. The number of hydrogen-bond donors (Lipinski definition) is 1. The smallest absolute Gasteiger partial charge is 0.124 e. The molecular weight excluding hydrogens is 286 g/mol. The van der Waals surface area contributed by atoms with E-state index < -0.39 is 0 Å². The molecule has 0 saturated carbocycles. The van der Waals surface area contributed by atoms with E-state index in [1.165, 1.54) is 17.7 Å². The second-order valence-electron chi connectivity index (χ2n) is 3.99. The van der Waals surface area contributed by atoms with Crippen molar-refractivity contribution in [3.8, 4) is 5.75 Å². The van der Waals surface area contributed by atoms with Gasteiger partial charge in [0.05, 0.1) is 12.5 Å². The molecule has 2 rings (SSSR count). The van der Waals surface area contributed by atoms with Crippen LogP contribution in [0.15, 0.2) is 22.7 Å². The highest BCUT2D eigenvalue weighted by atomic mass is 79.9. The lowest BCUT2D eigenvalue weighted by Crippen LogP contribution is -2.33. The molecule has 1 fully saturated rings. The summed E-state index contributed by atoms with van der Waals surface area (Å²) in [5.74, 6) is 2.16. The van der Waals surface area contributed by atoms with Crippen LogP contribution in [0.5, 0.6) is 5.75 Å². The number of methoxy groups -OCH3 is 1. The molecule has 2 nitrogen and oxygen atoms in total. The third-order valence-electron chi connectivity index (χ3n) is 2.75. The van der Waals surface area contributed by atoms with Crippen LogP contribution in [0.1, 0.15) is 24.3 Å². The molecule has 1 aliphatic heterocycles. The van der Waals surface area contributed by atoms with Gasteiger partial charge in [-0.3, -0.25) is 5.32 Å². The summed E-state index contributed by atoms with van der Waals surface area (Å²) in [4.78, 5) is 0. The van der Waals surface area contributed by atoms with Gasteiger partial charge in [0.25, 0.3) is 0 Å². The molecule has 2 unspecified atom stereocenters. The summed E-state index contributed by atoms with van der Waals surface area (Å²) in [5, 5.41) is 3.94. The quantitative estimate of drug-likeness (QED) is 0.902. The maximum Gasteiger partial charge on any atom is 0.124 e. The van der Waals surface area contributed by atoms with Gasteiger partial charge < -0.3 is 4.74 Å². The van der Waals surface area contributed by atoms with Crippen LogP contribution in [0.4, 0.5) is 0 Å². The van der Waals surface area contributed by atoms with Crippen LogP contribution in [0.2, 0.25) is 0 Å². The summed E-state index contributed by atoms with van der Waals surface area (Å²) < 4.78 is 6.52. The molecule has 1 N–H and O–H groups in total. The summed E-state index contributed by atoms with van der Waals surface area (Å²) in [5.41, 5.74) is 1.23. The van der Waals surface area contributed by atoms with Crippen molar-refractivity contribution in [2.24, 2.45) is 0 Å². The molecule has 1 aliphatic rings. The first-order valence-corrected chi connectivity index (χ1v) is 7.26. The molecular formula is C12H16BrNOS. The van der Waals surface area contributed by atoms with Crippen molar-refractivity contribution < 1.29 is 4.74 Å². The number of benzene rings is 1. The number of hydrogen-bond acceptors (Lipinski definition) is 3. The zero-order valence-electron chi connectivity index (χ0n) is 9.50. The Labute approximate surface area is 109 Å². The fraction of sp³-hybridized carbons (Fsp3) is 0.500. The van der Waals surface area contributed by atoms with E-state index >= 15 is 0 Å². The Balaban J connectivity index is 2.26. The molecule has 1 aromatic carbocycles. The van der Waals surface area contributed by atoms with Crippen molar-refractivity contribution >= 4 is 27.7 Å². The predicted molar refractivity (Wildman–Crippen MR) is 73.1 cm³/mol. The first-order valence-electron chi connectivity index (χ1n) is 5.42. The minimum Gasteiger partial charge on any atom is -0.496 e. The van der Waals surface area contributed by atoms with Gasteiger partial charge in [-0.15, -0.1) is 11.8 Å². The number of nitrogens with one attached hydrogen (secondary N) is 1. The normalized spacial score (nSPS) is 25.4. The van der Waals surface area contributed by atoms with Crippen molar-refractivity contribution in [1.29, 1.82) is 0 Å². The molecule has 16 heavy (non-hydrogen) atoms. The van der Waals surface area contributed by atoms with E-state index in [9.17, 15) is 0 Å². The van der Waals surface area contributed by atoms with Crippen LogP contribution >= 0.6 is 27.7 Å². The average Bonchev–Trinajstić information content (AvgIpc) is 2.29. The summed E-state index contributed by atoms with van der Waals surface area (Å²) in [6.45, 7) is 2.23. The maximum absolute atomic E-state index is 5.41. The Morgan fingerprint density at radius 1 is 1.50 bits per heavy atom. The Hall–Kier alpha value is -0.190. The van der Waals surface area contributed by atoms with E-state index in [2.05, 4.69) is 34.2 Å². The number of ether oxygens (including phenoxy) is 1. The first kappa shape index (κ1) is 12.3. The standard InChI is InChI=1S/C12H16BrNOS/c1-8-5-6-16-12(14-8)10-7-9(13)3-4-11(10)15-2/h3-4,7-8,12,14H,5-6H2,1-2H3. The Kier molecular flexibility index (Phi) is 4.16. The van der Waals surface area contributed by atoms with Crippen LogP contribution in [-0.4, -0.2) is 18.9 Å². The third kappa shape index (κ3) is 2.73. The Morgan fingerprint density at radius 3 is 3.00 bits per heavy atom. The van der Waals surface area contributed by atoms with E-state index in [0.29, 0.717) is 11.4 Å². The summed E-state index contributed by atoms with van der Waals surface area (Å²) >= 11 is 5.46. The molecule has 0 spiro atoms. The van der Waals surface area contributed by atoms with Gasteiger partial charge in [-0.1, -0.05) is 15.9 Å². The van der Waals surface area contributed by atoms with Gasteiger partial charge in [-0.25, -0.2) is 0 Å². The summed E-state index contributed by atoms with van der Waals surface area (Å²) in [6.07, 6.45) is 1.23. The van der Waals surface area contributed by atoms with Crippen molar-refractivity contribution in [2.45, 2.75) is 24.8 Å². The molecule has 88 valence electrons. The summed E-state index contributed by atoms with van der Waals surface area (Å²) in [7, 11) is 1.73. The lowest BCUT2D eigenvalue weighted by atomic mass is 10.1. The van der Waals surface area contributed by atoms with Crippen molar-refractivity contribution in [2.75, 3.05) is 12.9 Å². The molecule has 0 radical (unpaired) electrons. The van der Waals surface area contributed by atoms with Crippen molar-refractivity contribution in [3.05, 3.63) is 28.2 Å². The van der Waals surface area contributed by atoms with Gasteiger partial charge in [0.1, 0.15) is 5.75 Å². The molecule has 2 atom stereocenters. The zero-order valence-corrected chi connectivity index (χ0v) is 11.9. The fourth-order valence-electron chi connectivity index (χ4n) is 1.84. The summed E-state index contributed by atoms with van der Waals surface area (Å²) in [6, 6.07) is 6.75. The molecule has 1 aromatic rings. The van der Waals surface area contributed by atoms with E-state index in [0.717, 1.165) is 10.2 Å². The molecule has 0 amide bonds. The minimum atomic E-state index is 0.344. The van der Waals surface area contributed by atoms with Crippen molar-refractivity contribution in [3.63, 3.8) is 0 Å². The largest absolute Gasteiger partial charge is 0.496 e. The van der Waals surface area contributed by atoms with Gasteiger partial charge >= 0.3 is 0 Å². The molecule has 1 saturated heterocycles. The molecule has 4 heteroatoms. The molecule has 0 aliphatic carbocycles. The maximum atomic E-state index is 5.41. The highest BCUT2D eigenvalue weighted by Gasteiger charge is 2.22. The highest BCUT2D eigenvalue weighted by Crippen LogP contribution is 2.37. The Morgan fingerprint density at radius 2 is 2.31 bits per heavy atom. The predicted octanol–water partition coefficient (Wildman–Crippen LogP) is 3.57. The second-order valence-corrected chi connectivity index (χ2v) is 6.12. The fourth-order valence-corrected chi connectivity index (χ4v) is 3.64. The molecule has 0 aromatic heterocycles. The van der Waals surface area contributed by atoms with Crippen LogP contribution in [0.25, 0.3) is 0 Å². The minimum absolute atomic E-state index is 0.344. The van der Waals surface area contributed by atoms with Crippen LogP contribution in [0, 0.1) is 0 Å². The average molecular weight is 302 g/mol. The van der Waals surface area contributed by atoms with Crippen LogP contribution < -0.4 is 10.1 Å². The SMILES string of the molecule is COc1ccc(Br)cc1C1NC(C)CCS1. The van der Waals surface area contributed by atoms with Crippen LogP contribution in [-0.2, 0) is 0 Å². The van der Waals surface area contributed by atoms with E-state index in [-0.39, 0.29) is 0 Å². The second kappa shape index (κ2) is 5.43. The van der Waals surface area contributed by atoms with Gasteiger partial charge in [0, 0.05) is 16.1 Å². The topological polar surface area (TPSA) is 21.3 Å². The monoisotopic (exact) mass is 301 g/mol. The van der Waals surface area contributed by atoms with Crippen molar-refractivity contribution in [1.82, 2.24) is 5.32 Å². The lowest BCUT2D eigenvalue weighted by molar-refractivity contribution is 0.403. The third-order valence-corrected chi connectivity index (χ3v) is 4.43. The van der Waals surface area contributed by atoms with Gasteiger partial charge in [0.15, 0.2) is 0 Å². The Bertz CT molecular complexity index is 372. The van der Waals surface area contributed by atoms with E-state index in [1.807, 2.05) is 23.9 Å². The highest BCUT2D eigenvalue weighted by molar-refractivity contribution is 9.10. The number of halogens is 1. The lowest BCUT2D eigenvalue weighted by Gasteiger charge is -2.29. The number of rotatable bonds is 2. The zero-order chi connectivity index (χ0) is 11.5. The van der Waals surface area contributed by atoms with E-state index in [4.69, 9.17) is 4.74 Å². The first-order chi connectivity index (χ1) is 7.70. The van der Waals surface area contributed by atoms with Gasteiger partial charge in [0.2, 0.25) is 0 Å². The van der Waals surface area contributed by atoms with E-state index in [1.54, 1.807) is 7.11 Å².